The Morgan fingerprint density at radius 2 is 2.00 bits per heavy atom. The van der Waals surface area contributed by atoms with Gasteiger partial charge in [0.2, 0.25) is 0 Å². The molecule has 0 heterocycles. The number of hydrogen-bond acceptors (Lipinski definition) is 5. The largest absolute Gasteiger partial charge is 0.508 e. The fourth-order valence-corrected chi connectivity index (χ4v) is 2.23. The summed E-state index contributed by atoms with van der Waals surface area (Å²) in [4.78, 5) is 14.4. The predicted octanol–water partition coefficient (Wildman–Crippen LogP) is 3.31. The Morgan fingerprint density at radius 3 is 2.57 bits per heavy atom. The van der Waals surface area contributed by atoms with Crippen LogP contribution in [-0.4, -0.2) is 49.3 Å². The minimum absolute atomic E-state index is 0.0682. The van der Waals surface area contributed by atoms with E-state index in [1.54, 1.807) is 0 Å². The van der Waals surface area contributed by atoms with Gasteiger partial charge in [0, 0.05) is 12.1 Å². The SMILES string of the molecule is CCCOc1cc(O)ccc1C(=O)OC[C@H](CC(C)C)N(C)C. The van der Waals surface area contributed by atoms with E-state index in [2.05, 4.69) is 18.7 Å². The highest BCUT2D eigenvalue weighted by molar-refractivity contribution is 5.92. The van der Waals surface area contributed by atoms with Crippen LogP contribution >= 0.6 is 0 Å². The summed E-state index contributed by atoms with van der Waals surface area (Å²) in [5, 5.41) is 9.57. The molecule has 0 bridgehead atoms. The average Bonchev–Trinajstić information content (AvgIpc) is 2.48. The van der Waals surface area contributed by atoms with Gasteiger partial charge in [-0.2, -0.15) is 0 Å². The molecule has 0 saturated heterocycles. The van der Waals surface area contributed by atoms with E-state index in [-0.39, 0.29) is 11.8 Å². The number of nitrogens with zero attached hydrogens (tertiary/aromatic N) is 1. The van der Waals surface area contributed by atoms with Crippen molar-refractivity contribution in [1.82, 2.24) is 4.90 Å². The van der Waals surface area contributed by atoms with Crippen molar-refractivity contribution in [2.24, 2.45) is 5.92 Å². The number of benzene rings is 1. The second kappa shape index (κ2) is 9.40. The molecule has 130 valence electrons. The highest BCUT2D eigenvalue weighted by Gasteiger charge is 2.19. The van der Waals surface area contributed by atoms with E-state index < -0.39 is 5.97 Å². The molecule has 0 spiro atoms. The maximum Gasteiger partial charge on any atom is 0.341 e. The standard InChI is InChI=1S/C18H29NO4/c1-6-9-22-17-11-15(20)7-8-16(17)18(21)23-12-14(19(4)5)10-13(2)3/h7-8,11,13-14,20H,6,9-10,12H2,1-5H3/t14-/m0/s1. The molecule has 0 radical (unpaired) electrons. The first-order valence-electron chi connectivity index (χ1n) is 8.14. The molecule has 1 aromatic carbocycles. The second-order valence-electron chi connectivity index (χ2n) is 6.37. The zero-order valence-electron chi connectivity index (χ0n) is 14.8. The van der Waals surface area contributed by atoms with Crippen LogP contribution in [0.3, 0.4) is 0 Å². The van der Waals surface area contributed by atoms with Gasteiger partial charge < -0.3 is 19.5 Å². The Morgan fingerprint density at radius 1 is 1.30 bits per heavy atom. The third kappa shape index (κ3) is 6.48. The van der Waals surface area contributed by atoms with Crippen LogP contribution in [0.5, 0.6) is 11.5 Å². The van der Waals surface area contributed by atoms with Crippen molar-refractivity contribution >= 4 is 5.97 Å². The molecule has 1 aromatic rings. The van der Waals surface area contributed by atoms with Gasteiger partial charge in [-0.05, 0) is 45.0 Å². The topological polar surface area (TPSA) is 59.0 Å². The number of likely N-dealkylation sites (N-methyl/N-ethyl adjacent to an activating group) is 1. The Balaban J connectivity index is 2.76. The molecule has 0 saturated carbocycles. The Bertz CT molecular complexity index is 500. The van der Waals surface area contributed by atoms with Crippen molar-refractivity contribution in [3.63, 3.8) is 0 Å². The lowest BCUT2D eigenvalue weighted by molar-refractivity contribution is 0.0375. The van der Waals surface area contributed by atoms with Crippen molar-refractivity contribution in [1.29, 1.82) is 0 Å². The third-order valence-corrected chi connectivity index (χ3v) is 3.53. The van der Waals surface area contributed by atoms with Crippen LogP contribution in [0, 0.1) is 5.92 Å². The third-order valence-electron chi connectivity index (χ3n) is 3.53. The zero-order chi connectivity index (χ0) is 17.4. The lowest BCUT2D eigenvalue weighted by Crippen LogP contribution is -2.34. The van der Waals surface area contributed by atoms with E-state index in [0.29, 0.717) is 30.4 Å². The van der Waals surface area contributed by atoms with Gasteiger partial charge in [-0.3, -0.25) is 0 Å². The number of carbonyl (C=O) groups excluding carboxylic acids is 1. The lowest BCUT2D eigenvalue weighted by Gasteiger charge is -2.25. The maximum absolute atomic E-state index is 12.4. The molecular formula is C18H29NO4. The van der Waals surface area contributed by atoms with E-state index in [1.165, 1.54) is 18.2 Å². The molecule has 0 fully saturated rings. The summed E-state index contributed by atoms with van der Waals surface area (Å²) in [5.41, 5.74) is 0.346. The first-order chi connectivity index (χ1) is 10.8. The molecule has 0 unspecified atom stereocenters. The fourth-order valence-electron chi connectivity index (χ4n) is 2.23. The van der Waals surface area contributed by atoms with Gasteiger partial charge in [0.25, 0.3) is 0 Å². The zero-order valence-corrected chi connectivity index (χ0v) is 14.8. The molecule has 5 heteroatoms. The maximum atomic E-state index is 12.4. The van der Waals surface area contributed by atoms with Crippen molar-refractivity contribution in [2.75, 3.05) is 27.3 Å². The van der Waals surface area contributed by atoms with Crippen molar-refractivity contribution < 1.29 is 19.4 Å². The molecule has 0 aliphatic heterocycles. The van der Waals surface area contributed by atoms with Crippen molar-refractivity contribution in [3.8, 4) is 11.5 Å². The van der Waals surface area contributed by atoms with E-state index in [9.17, 15) is 9.90 Å². The van der Waals surface area contributed by atoms with Crippen LogP contribution in [0.4, 0.5) is 0 Å². The monoisotopic (exact) mass is 323 g/mol. The number of hydrogen-bond donors (Lipinski definition) is 1. The normalized spacial score (nSPS) is 12.5. The summed E-state index contributed by atoms with van der Waals surface area (Å²) in [6, 6.07) is 4.63. The first kappa shape index (κ1) is 19.3. The molecule has 0 aromatic heterocycles. The number of esters is 1. The molecule has 0 aliphatic rings. The molecule has 23 heavy (non-hydrogen) atoms. The highest BCUT2D eigenvalue weighted by Crippen LogP contribution is 2.25. The van der Waals surface area contributed by atoms with Crippen molar-refractivity contribution in [3.05, 3.63) is 23.8 Å². The van der Waals surface area contributed by atoms with Gasteiger partial charge in [-0.15, -0.1) is 0 Å². The molecule has 1 N–H and O–H groups in total. The molecule has 1 atom stereocenters. The smallest absolute Gasteiger partial charge is 0.341 e. The van der Waals surface area contributed by atoms with Crippen LogP contribution < -0.4 is 4.74 Å². The Kier molecular flexibility index (Phi) is 7.89. The van der Waals surface area contributed by atoms with Crippen LogP contribution in [-0.2, 0) is 4.74 Å². The minimum Gasteiger partial charge on any atom is -0.508 e. The average molecular weight is 323 g/mol. The van der Waals surface area contributed by atoms with Crippen LogP contribution in [0.25, 0.3) is 0 Å². The number of ether oxygens (including phenoxy) is 2. The second-order valence-corrected chi connectivity index (χ2v) is 6.37. The summed E-state index contributed by atoms with van der Waals surface area (Å²) in [6.07, 6.45) is 1.77. The highest BCUT2D eigenvalue weighted by atomic mass is 16.5. The number of rotatable bonds is 9. The summed E-state index contributed by atoms with van der Waals surface area (Å²) < 4.78 is 11.0. The van der Waals surface area contributed by atoms with Gasteiger partial charge in [-0.1, -0.05) is 20.8 Å². The van der Waals surface area contributed by atoms with Crippen LogP contribution in [0.2, 0.25) is 0 Å². The molecular weight excluding hydrogens is 294 g/mol. The number of carbonyl (C=O) groups is 1. The van der Waals surface area contributed by atoms with Gasteiger partial charge in [0.05, 0.1) is 6.61 Å². The quantitative estimate of drug-likeness (QED) is 0.707. The van der Waals surface area contributed by atoms with E-state index in [4.69, 9.17) is 9.47 Å². The van der Waals surface area contributed by atoms with E-state index >= 15 is 0 Å². The summed E-state index contributed by atoms with van der Waals surface area (Å²) in [5.74, 6) is 0.533. The number of phenols is 1. The summed E-state index contributed by atoms with van der Waals surface area (Å²) >= 11 is 0. The minimum atomic E-state index is -0.424. The molecule has 0 amide bonds. The van der Waals surface area contributed by atoms with Crippen molar-refractivity contribution in [2.45, 2.75) is 39.7 Å². The van der Waals surface area contributed by atoms with Crippen LogP contribution in [0.1, 0.15) is 44.0 Å². The van der Waals surface area contributed by atoms with Gasteiger partial charge in [0.1, 0.15) is 23.7 Å². The summed E-state index contributed by atoms with van der Waals surface area (Å²) in [7, 11) is 3.97. The predicted molar refractivity (Wildman–Crippen MR) is 91.1 cm³/mol. The molecule has 1 rings (SSSR count). The van der Waals surface area contributed by atoms with Crippen LogP contribution in [0.15, 0.2) is 18.2 Å². The fraction of sp³-hybridized carbons (Fsp3) is 0.611. The summed E-state index contributed by atoms with van der Waals surface area (Å²) in [6.45, 7) is 7.09. The molecule has 5 nitrogen and oxygen atoms in total. The van der Waals surface area contributed by atoms with Gasteiger partial charge in [-0.25, -0.2) is 4.79 Å². The lowest BCUT2D eigenvalue weighted by atomic mass is 10.0. The first-order valence-corrected chi connectivity index (χ1v) is 8.14. The van der Waals surface area contributed by atoms with E-state index in [1.807, 2.05) is 21.0 Å². The van der Waals surface area contributed by atoms with E-state index in [0.717, 1.165) is 12.8 Å². The Hall–Kier alpha value is -1.75. The van der Waals surface area contributed by atoms with Gasteiger partial charge in [0.15, 0.2) is 0 Å². The number of aromatic hydroxyl groups is 1. The number of phenolic OH excluding ortho intramolecular Hbond substituents is 1. The van der Waals surface area contributed by atoms with Gasteiger partial charge >= 0.3 is 5.97 Å². The Labute approximate surface area is 139 Å². The molecule has 0 aliphatic carbocycles.